The summed E-state index contributed by atoms with van der Waals surface area (Å²) < 4.78 is 0. The molecule has 2 N–H and O–H groups in total. The van der Waals surface area contributed by atoms with E-state index in [1.165, 1.54) is 16.4 Å². The SMILES string of the molecule is Cc1c(C(C)(C)C)cc(C(C)(C)C)c(O)c1C(Pc1ccccc1)c1c(C)c(C(C)(C)C)cc(C(C)(C)C)c1O. The van der Waals surface area contributed by atoms with E-state index in [0.717, 1.165) is 33.4 Å². The molecular formula is C37H53O2P. The summed E-state index contributed by atoms with van der Waals surface area (Å²) in [5, 5.41) is 25.5. The van der Waals surface area contributed by atoms with E-state index in [4.69, 9.17) is 0 Å². The highest BCUT2D eigenvalue weighted by Crippen LogP contribution is 2.55. The van der Waals surface area contributed by atoms with Gasteiger partial charge in [-0.15, -0.1) is 0 Å². The van der Waals surface area contributed by atoms with Crippen molar-refractivity contribution in [2.45, 2.75) is 124 Å². The number of benzene rings is 3. The summed E-state index contributed by atoms with van der Waals surface area (Å²) >= 11 is 0. The Labute approximate surface area is 246 Å². The zero-order chi connectivity index (χ0) is 30.6. The minimum Gasteiger partial charge on any atom is -0.507 e. The second-order valence-corrected chi connectivity index (χ2v) is 17.1. The van der Waals surface area contributed by atoms with Crippen molar-refractivity contribution in [3.05, 3.63) is 87.0 Å². The van der Waals surface area contributed by atoms with E-state index in [1.807, 2.05) is 6.07 Å². The van der Waals surface area contributed by atoms with Crippen molar-refractivity contribution < 1.29 is 10.2 Å². The summed E-state index contributed by atoms with van der Waals surface area (Å²) in [6.45, 7) is 30.8. The fourth-order valence-electron chi connectivity index (χ4n) is 5.98. The molecular weight excluding hydrogens is 507 g/mol. The highest BCUT2D eigenvalue weighted by molar-refractivity contribution is 7.48. The third-order valence-corrected chi connectivity index (χ3v) is 9.64. The van der Waals surface area contributed by atoms with E-state index in [0.29, 0.717) is 20.1 Å². The first-order valence-corrected chi connectivity index (χ1v) is 15.7. The van der Waals surface area contributed by atoms with E-state index >= 15 is 0 Å². The Bertz CT molecular complexity index is 1210. The molecule has 3 heteroatoms. The fraction of sp³-hybridized carbons (Fsp3) is 0.514. The molecule has 0 aliphatic carbocycles. The average Bonchev–Trinajstić information content (AvgIpc) is 2.76. The van der Waals surface area contributed by atoms with Crippen LogP contribution < -0.4 is 5.30 Å². The monoisotopic (exact) mass is 560 g/mol. The van der Waals surface area contributed by atoms with Crippen LogP contribution in [-0.2, 0) is 21.7 Å². The number of rotatable bonds is 4. The van der Waals surface area contributed by atoms with E-state index in [1.54, 1.807) is 0 Å². The van der Waals surface area contributed by atoms with Gasteiger partial charge in [-0.05, 0) is 74.2 Å². The van der Waals surface area contributed by atoms with Crippen LogP contribution in [0.25, 0.3) is 0 Å². The van der Waals surface area contributed by atoms with Crippen LogP contribution in [-0.4, -0.2) is 10.2 Å². The molecule has 0 radical (unpaired) electrons. The summed E-state index contributed by atoms with van der Waals surface area (Å²) in [4.78, 5) is 0. The lowest BCUT2D eigenvalue weighted by molar-refractivity contribution is 0.431. The quantitative estimate of drug-likeness (QED) is 0.312. The first-order chi connectivity index (χ1) is 18.1. The number of hydrogen-bond acceptors (Lipinski definition) is 2. The molecule has 40 heavy (non-hydrogen) atoms. The third-order valence-electron chi connectivity index (χ3n) is 8.11. The second-order valence-electron chi connectivity index (χ2n) is 15.7. The van der Waals surface area contributed by atoms with Gasteiger partial charge in [-0.25, -0.2) is 0 Å². The standard InChI is InChI=1S/C37H53O2P/c1-22-25(34(3,4)5)20-27(36(9,10)11)31(38)29(22)33(40-24-18-16-15-17-19-24)30-23(2)26(35(6,7)8)21-28(32(30)39)37(12,13)14/h15-21,33,38-40H,1-14H3. The first kappa shape index (κ1) is 32.2. The van der Waals surface area contributed by atoms with Crippen molar-refractivity contribution in [1.29, 1.82) is 0 Å². The van der Waals surface area contributed by atoms with Crippen LogP contribution in [0.5, 0.6) is 11.5 Å². The van der Waals surface area contributed by atoms with Gasteiger partial charge in [0.1, 0.15) is 11.5 Å². The van der Waals surface area contributed by atoms with Crippen molar-refractivity contribution in [2.75, 3.05) is 0 Å². The molecule has 0 spiro atoms. The van der Waals surface area contributed by atoms with Crippen LogP contribution in [0, 0.1) is 13.8 Å². The van der Waals surface area contributed by atoms with Gasteiger partial charge < -0.3 is 10.2 Å². The Morgan fingerprint density at radius 3 is 1.15 bits per heavy atom. The van der Waals surface area contributed by atoms with Gasteiger partial charge in [-0.2, -0.15) is 0 Å². The predicted octanol–water partition coefficient (Wildman–Crippen LogP) is 10.00. The van der Waals surface area contributed by atoms with E-state index < -0.39 is 0 Å². The summed E-state index contributed by atoms with van der Waals surface area (Å²) in [6.07, 6.45) is 0. The Morgan fingerprint density at radius 1 is 0.525 bits per heavy atom. The van der Waals surface area contributed by atoms with Crippen molar-refractivity contribution in [2.24, 2.45) is 0 Å². The minimum absolute atomic E-state index is 0.103. The first-order valence-electron chi connectivity index (χ1n) is 14.6. The molecule has 0 amide bonds. The zero-order valence-electron chi connectivity index (χ0n) is 27.5. The maximum absolute atomic E-state index is 12.2. The Balaban J connectivity index is 2.60. The summed E-state index contributed by atoms with van der Waals surface area (Å²) in [6, 6.07) is 15.0. The van der Waals surface area contributed by atoms with Crippen molar-refractivity contribution in [3.8, 4) is 11.5 Å². The van der Waals surface area contributed by atoms with Gasteiger partial charge >= 0.3 is 0 Å². The molecule has 3 aromatic rings. The highest BCUT2D eigenvalue weighted by Gasteiger charge is 2.36. The molecule has 0 heterocycles. The predicted molar refractivity (Wildman–Crippen MR) is 177 cm³/mol. The van der Waals surface area contributed by atoms with Crippen LogP contribution in [0.2, 0.25) is 0 Å². The van der Waals surface area contributed by atoms with Gasteiger partial charge in [0.15, 0.2) is 0 Å². The summed E-state index contributed by atoms with van der Waals surface area (Å²) in [5.41, 5.74) is 7.64. The highest BCUT2D eigenvalue weighted by atomic mass is 31.1. The zero-order valence-corrected chi connectivity index (χ0v) is 28.5. The van der Waals surface area contributed by atoms with Crippen LogP contribution in [0.3, 0.4) is 0 Å². The number of phenols is 2. The number of hydrogen-bond donors (Lipinski definition) is 2. The molecule has 0 aliphatic rings. The molecule has 0 saturated heterocycles. The molecule has 1 atom stereocenters. The third kappa shape index (κ3) is 6.44. The molecule has 0 aromatic heterocycles. The van der Waals surface area contributed by atoms with Crippen LogP contribution in [0.1, 0.15) is 133 Å². The van der Waals surface area contributed by atoms with Crippen LogP contribution >= 0.6 is 8.58 Å². The van der Waals surface area contributed by atoms with Crippen LogP contribution in [0.4, 0.5) is 0 Å². The van der Waals surface area contributed by atoms with E-state index in [-0.39, 0.29) is 27.3 Å². The fourth-order valence-corrected chi connectivity index (χ4v) is 7.69. The normalized spacial score (nSPS) is 13.6. The van der Waals surface area contributed by atoms with Crippen molar-refractivity contribution >= 4 is 13.9 Å². The number of phenolic OH excluding ortho intramolecular Hbond substituents is 2. The lowest BCUT2D eigenvalue weighted by Crippen LogP contribution is -2.22. The lowest BCUT2D eigenvalue weighted by Gasteiger charge is -2.35. The van der Waals surface area contributed by atoms with Crippen molar-refractivity contribution in [1.82, 2.24) is 0 Å². The maximum Gasteiger partial charge on any atom is 0.123 e. The summed E-state index contributed by atoms with van der Waals surface area (Å²) in [7, 11) is 0.335. The van der Waals surface area contributed by atoms with Gasteiger partial charge in [0.25, 0.3) is 0 Å². The lowest BCUT2D eigenvalue weighted by atomic mass is 9.73. The smallest absolute Gasteiger partial charge is 0.123 e. The topological polar surface area (TPSA) is 40.5 Å². The van der Waals surface area contributed by atoms with E-state index in [2.05, 4.69) is 133 Å². The summed E-state index contributed by atoms with van der Waals surface area (Å²) in [5.74, 6) is 0.729. The number of aromatic hydroxyl groups is 2. The van der Waals surface area contributed by atoms with Crippen molar-refractivity contribution in [3.63, 3.8) is 0 Å². The Hall–Kier alpha value is -2.31. The van der Waals surface area contributed by atoms with Gasteiger partial charge in [0.05, 0.1) is 0 Å². The average molecular weight is 561 g/mol. The molecule has 3 rings (SSSR count). The van der Waals surface area contributed by atoms with Gasteiger partial charge in [-0.3, -0.25) is 0 Å². The molecule has 1 unspecified atom stereocenters. The van der Waals surface area contributed by atoms with E-state index in [9.17, 15) is 10.2 Å². The Morgan fingerprint density at radius 2 is 0.850 bits per heavy atom. The molecule has 2 nitrogen and oxygen atoms in total. The molecule has 0 aliphatic heterocycles. The molecule has 0 fully saturated rings. The molecule has 218 valence electrons. The molecule has 0 bridgehead atoms. The molecule has 0 saturated carbocycles. The molecule has 3 aromatic carbocycles. The van der Waals surface area contributed by atoms with Gasteiger partial charge in [0.2, 0.25) is 0 Å². The maximum atomic E-state index is 12.2. The minimum atomic E-state index is -0.242. The van der Waals surface area contributed by atoms with Crippen LogP contribution in [0.15, 0.2) is 42.5 Å². The van der Waals surface area contributed by atoms with Gasteiger partial charge in [-0.1, -0.05) is 134 Å². The largest absolute Gasteiger partial charge is 0.507 e. The van der Waals surface area contributed by atoms with Gasteiger partial charge in [0, 0.05) is 16.8 Å². The second kappa shape index (κ2) is 10.8. The Kier molecular flexibility index (Phi) is 8.72.